The van der Waals surface area contributed by atoms with Crippen LogP contribution < -0.4 is 27.2 Å². The van der Waals surface area contributed by atoms with Crippen molar-refractivity contribution >= 4 is 23.4 Å². The fourth-order valence-corrected chi connectivity index (χ4v) is 3.50. The molecular weight excluding hydrogens is 441 g/mol. The Bertz CT molecular complexity index is 883. The van der Waals surface area contributed by atoms with Gasteiger partial charge >= 0.3 is 0 Å². The van der Waals surface area contributed by atoms with Gasteiger partial charge in [-0.2, -0.15) is 0 Å². The van der Waals surface area contributed by atoms with Crippen LogP contribution in [0.4, 0.5) is 0 Å². The monoisotopic (exact) mass is 464 g/mol. The van der Waals surface area contributed by atoms with E-state index in [1.165, 1.54) is 0 Å². The number of hydrogen-bond donors (Lipinski definition) is 1. The molecule has 0 unspecified atom stereocenters. The van der Waals surface area contributed by atoms with Crippen LogP contribution in [0.3, 0.4) is 0 Å². The van der Waals surface area contributed by atoms with Crippen LogP contribution in [-0.4, -0.2) is 29.4 Å². The Morgan fingerprint density at radius 3 is 2.47 bits per heavy atom. The van der Waals surface area contributed by atoms with Crippen molar-refractivity contribution in [3.63, 3.8) is 0 Å². The van der Waals surface area contributed by atoms with Gasteiger partial charge in [0.2, 0.25) is 0 Å². The van der Waals surface area contributed by atoms with E-state index in [-0.39, 0.29) is 12.4 Å². The van der Waals surface area contributed by atoms with Gasteiger partial charge in [-0.1, -0.05) is 41.6 Å². The van der Waals surface area contributed by atoms with Crippen LogP contribution in [0, 0.1) is 0 Å². The number of methoxy groups -OCH3 is 1. The SMILES string of the molecule is COc1cc(CNCCCSc2ncccn2)ccc1OCc1ccc(Cl)cc1.[Cl-]. The predicted molar refractivity (Wildman–Crippen MR) is 118 cm³/mol. The fraction of sp³-hybridized carbons (Fsp3) is 0.273. The number of aromatic nitrogens is 2. The number of ether oxygens (including phenoxy) is 2. The van der Waals surface area contributed by atoms with Gasteiger partial charge in [0.15, 0.2) is 16.7 Å². The summed E-state index contributed by atoms with van der Waals surface area (Å²) in [5, 5.41) is 5.00. The zero-order valence-corrected chi connectivity index (χ0v) is 19.0. The first-order chi connectivity index (χ1) is 14.2. The summed E-state index contributed by atoms with van der Waals surface area (Å²) in [4.78, 5) is 8.42. The maximum atomic E-state index is 5.92. The molecule has 0 radical (unpaired) electrons. The highest BCUT2D eigenvalue weighted by atomic mass is 35.5. The van der Waals surface area contributed by atoms with Crippen molar-refractivity contribution in [2.45, 2.75) is 24.7 Å². The Morgan fingerprint density at radius 1 is 1.00 bits per heavy atom. The second kappa shape index (κ2) is 13.3. The first-order valence-electron chi connectivity index (χ1n) is 9.39. The molecular formula is C22H24Cl2N3O2S-. The third-order valence-electron chi connectivity index (χ3n) is 4.14. The molecule has 0 bridgehead atoms. The standard InChI is InChI=1S/C22H24ClN3O2S.ClH/c1-27-21-14-18(15-24-10-3-13-29-22-25-11-2-12-26-22)6-9-20(21)28-16-17-4-7-19(23)8-5-17;/h2,4-9,11-12,14,24H,3,10,13,15-16H2,1H3;1H/p-1. The minimum absolute atomic E-state index is 0. The first-order valence-corrected chi connectivity index (χ1v) is 10.8. The normalized spacial score (nSPS) is 10.3. The molecule has 3 aromatic rings. The second-order valence-electron chi connectivity index (χ2n) is 6.31. The highest BCUT2D eigenvalue weighted by Gasteiger charge is 2.06. The Hall–Kier alpha value is -1.99. The van der Waals surface area contributed by atoms with E-state index >= 15 is 0 Å². The van der Waals surface area contributed by atoms with Crippen molar-refractivity contribution in [2.24, 2.45) is 0 Å². The maximum absolute atomic E-state index is 5.92. The minimum atomic E-state index is 0. The summed E-state index contributed by atoms with van der Waals surface area (Å²) in [6.45, 7) is 2.17. The summed E-state index contributed by atoms with van der Waals surface area (Å²) in [5.74, 6) is 2.44. The van der Waals surface area contributed by atoms with E-state index in [0.29, 0.717) is 6.61 Å². The van der Waals surface area contributed by atoms with Crippen molar-refractivity contribution < 1.29 is 21.9 Å². The van der Waals surface area contributed by atoms with E-state index in [2.05, 4.69) is 21.4 Å². The molecule has 0 atom stereocenters. The summed E-state index contributed by atoms with van der Waals surface area (Å²) in [6, 6.07) is 15.5. The van der Waals surface area contributed by atoms with Gasteiger partial charge in [0.1, 0.15) is 6.61 Å². The topological polar surface area (TPSA) is 56.3 Å². The van der Waals surface area contributed by atoms with Crippen LogP contribution >= 0.6 is 23.4 Å². The Labute approximate surface area is 193 Å². The lowest BCUT2D eigenvalue weighted by Crippen LogP contribution is -3.00. The lowest BCUT2D eigenvalue weighted by molar-refractivity contribution is -0.00000644. The molecule has 1 heterocycles. The van der Waals surface area contributed by atoms with Crippen molar-refractivity contribution in [3.05, 3.63) is 77.1 Å². The number of nitrogens with one attached hydrogen (secondary N) is 1. The van der Waals surface area contributed by atoms with Gasteiger partial charge in [-0.05, 0) is 54.4 Å². The molecule has 1 N–H and O–H groups in total. The summed E-state index contributed by atoms with van der Waals surface area (Å²) in [6.07, 6.45) is 4.58. The highest BCUT2D eigenvalue weighted by Crippen LogP contribution is 2.29. The van der Waals surface area contributed by atoms with Crippen LogP contribution in [0.2, 0.25) is 5.02 Å². The van der Waals surface area contributed by atoms with Crippen molar-refractivity contribution in [2.75, 3.05) is 19.4 Å². The van der Waals surface area contributed by atoms with E-state index in [1.807, 2.05) is 42.5 Å². The molecule has 2 aromatic carbocycles. The molecule has 0 aliphatic rings. The van der Waals surface area contributed by atoms with Crippen LogP contribution in [0.25, 0.3) is 0 Å². The van der Waals surface area contributed by atoms with Gasteiger partial charge in [0.25, 0.3) is 0 Å². The summed E-state index contributed by atoms with van der Waals surface area (Å²) < 4.78 is 11.4. The Balaban J connectivity index is 0.00000320. The van der Waals surface area contributed by atoms with Gasteiger partial charge in [-0.15, -0.1) is 0 Å². The van der Waals surface area contributed by atoms with Gasteiger partial charge in [0, 0.05) is 29.7 Å². The number of thioether (sulfide) groups is 1. The third kappa shape index (κ3) is 8.03. The average Bonchev–Trinajstić information content (AvgIpc) is 2.77. The summed E-state index contributed by atoms with van der Waals surface area (Å²) >= 11 is 7.59. The molecule has 0 aliphatic heterocycles. The largest absolute Gasteiger partial charge is 1.00 e. The van der Waals surface area contributed by atoms with Gasteiger partial charge in [0.05, 0.1) is 7.11 Å². The smallest absolute Gasteiger partial charge is 0.187 e. The zero-order valence-electron chi connectivity index (χ0n) is 16.7. The molecule has 3 rings (SSSR count). The maximum Gasteiger partial charge on any atom is 0.187 e. The number of halogens is 2. The molecule has 0 amide bonds. The predicted octanol–water partition coefficient (Wildman–Crippen LogP) is 1.99. The van der Waals surface area contributed by atoms with Crippen LogP contribution in [0.15, 0.2) is 66.1 Å². The quantitative estimate of drug-likeness (QED) is 0.266. The Kier molecular flexibility index (Phi) is 10.8. The third-order valence-corrected chi connectivity index (χ3v) is 5.35. The van der Waals surface area contributed by atoms with Gasteiger partial charge in [-0.3, -0.25) is 0 Å². The molecule has 1 aromatic heterocycles. The second-order valence-corrected chi connectivity index (χ2v) is 7.81. The molecule has 0 aliphatic carbocycles. The molecule has 30 heavy (non-hydrogen) atoms. The van der Waals surface area contributed by atoms with E-state index in [1.54, 1.807) is 31.3 Å². The average molecular weight is 465 g/mol. The van der Waals surface area contributed by atoms with E-state index in [4.69, 9.17) is 21.1 Å². The van der Waals surface area contributed by atoms with Crippen LogP contribution in [-0.2, 0) is 13.2 Å². The first kappa shape index (κ1) is 24.3. The van der Waals surface area contributed by atoms with Gasteiger partial charge < -0.3 is 27.2 Å². The number of nitrogens with zero attached hydrogens (tertiary/aromatic N) is 2. The zero-order chi connectivity index (χ0) is 20.3. The molecule has 0 saturated carbocycles. The van der Waals surface area contributed by atoms with E-state index in [9.17, 15) is 0 Å². The summed E-state index contributed by atoms with van der Waals surface area (Å²) in [5.41, 5.74) is 2.21. The van der Waals surface area contributed by atoms with Crippen molar-refractivity contribution in [1.82, 2.24) is 15.3 Å². The fourth-order valence-electron chi connectivity index (χ4n) is 2.64. The molecule has 0 saturated heterocycles. The molecule has 0 fully saturated rings. The molecule has 0 spiro atoms. The van der Waals surface area contributed by atoms with Crippen molar-refractivity contribution in [1.29, 1.82) is 0 Å². The molecule has 5 nitrogen and oxygen atoms in total. The van der Waals surface area contributed by atoms with E-state index < -0.39 is 0 Å². The highest BCUT2D eigenvalue weighted by molar-refractivity contribution is 7.99. The number of hydrogen-bond acceptors (Lipinski definition) is 6. The number of benzene rings is 2. The summed E-state index contributed by atoms with van der Waals surface area (Å²) in [7, 11) is 1.66. The molecule has 8 heteroatoms. The van der Waals surface area contributed by atoms with Gasteiger partial charge in [-0.25, -0.2) is 9.97 Å². The Morgan fingerprint density at radius 2 is 1.73 bits per heavy atom. The minimum Gasteiger partial charge on any atom is -1.00 e. The van der Waals surface area contributed by atoms with Crippen LogP contribution in [0.1, 0.15) is 17.5 Å². The lowest BCUT2D eigenvalue weighted by Gasteiger charge is -2.13. The van der Waals surface area contributed by atoms with E-state index in [0.717, 1.165) is 58.1 Å². The van der Waals surface area contributed by atoms with Crippen molar-refractivity contribution in [3.8, 4) is 11.5 Å². The number of rotatable bonds is 11. The molecule has 160 valence electrons. The van der Waals surface area contributed by atoms with Crippen LogP contribution in [0.5, 0.6) is 11.5 Å². The lowest BCUT2D eigenvalue weighted by atomic mass is 10.2.